The predicted octanol–water partition coefficient (Wildman–Crippen LogP) is 5.77. The molecule has 32 heavy (non-hydrogen) atoms. The van der Waals surface area contributed by atoms with Crippen molar-refractivity contribution in [1.29, 1.82) is 0 Å². The number of hydrogen-bond acceptors (Lipinski definition) is 7. The van der Waals surface area contributed by atoms with Gasteiger partial charge in [-0.1, -0.05) is 6.07 Å². The number of sulfone groups is 1. The Balaban J connectivity index is 1.34. The Morgan fingerprint density at radius 3 is 2.72 bits per heavy atom. The Bertz CT molecular complexity index is 1200. The molecule has 0 bridgehead atoms. The lowest BCUT2D eigenvalue weighted by atomic mass is 10.0. The van der Waals surface area contributed by atoms with Crippen molar-refractivity contribution in [3.63, 3.8) is 0 Å². The molecule has 3 heterocycles. The zero-order valence-corrected chi connectivity index (χ0v) is 20.0. The molecule has 2 aliphatic heterocycles. The second-order valence-corrected chi connectivity index (χ2v) is 12.2. The van der Waals surface area contributed by atoms with Gasteiger partial charge in [-0.05, 0) is 67.2 Å². The fourth-order valence-corrected chi connectivity index (χ4v) is 7.62. The van der Waals surface area contributed by atoms with E-state index in [4.69, 9.17) is 6.42 Å². The molecule has 1 aromatic heterocycles. The van der Waals surface area contributed by atoms with Crippen LogP contribution in [0.3, 0.4) is 0 Å². The van der Waals surface area contributed by atoms with Gasteiger partial charge < -0.3 is 5.11 Å². The van der Waals surface area contributed by atoms with Gasteiger partial charge in [0, 0.05) is 22.6 Å². The van der Waals surface area contributed by atoms with Gasteiger partial charge in [-0.2, -0.15) is 22.0 Å². The number of benzene rings is 1. The van der Waals surface area contributed by atoms with Crippen LogP contribution in [0.15, 0.2) is 39.4 Å². The third kappa shape index (κ3) is 5.08. The lowest BCUT2D eigenvalue weighted by Crippen LogP contribution is -2.11. The van der Waals surface area contributed by atoms with Gasteiger partial charge in [0.1, 0.15) is 4.88 Å². The van der Waals surface area contributed by atoms with Crippen LogP contribution in [0.1, 0.15) is 59.3 Å². The fourth-order valence-electron chi connectivity index (χ4n) is 3.95. The van der Waals surface area contributed by atoms with Gasteiger partial charge in [0.15, 0.2) is 15.5 Å². The van der Waals surface area contributed by atoms with Gasteiger partial charge >= 0.3 is 5.97 Å². The number of aromatic carboxylic acids is 1. The summed E-state index contributed by atoms with van der Waals surface area (Å²) in [5.74, 6) is 3.23. The predicted molar refractivity (Wildman–Crippen MR) is 128 cm³/mol. The summed E-state index contributed by atoms with van der Waals surface area (Å²) in [4.78, 5) is 12.6. The Kier molecular flexibility index (Phi) is 6.75. The number of carbonyl (C=O) groups is 1. The summed E-state index contributed by atoms with van der Waals surface area (Å²) >= 11 is 2.94. The molecule has 4 rings (SSSR count). The first-order valence-electron chi connectivity index (χ1n) is 10.5. The summed E-state index contributed by atoms with van der Waals surface area (Å²) in [6, 6.07) is 6.91. The van der Waals surface area contributed by atoms with Crippen molar-refractivity contribution < 1.29 is 18.3 Å². The highest BCUT2D eigenvalue weighted by Crippen LogP contribution is 2.43. The molecule has 2 aliphatic rings. The fraction of sp³-hybridized carbons (Fsp3) is 0.435. The second kappa shape index (κ2) is 9.38. The van der Waals surface area contributed by atoms with Crippen molar-refractivity contribution in [2.45, 2.75) is 60.6 Å². The molecule has 9 heteroatoms. The molecule has 0 radical (unpaired) electrons. The summed E-state index contributed by atoms with van der Waals surface area (Å²) in [6.07, 6.45) is 11.1. The molecule has 0 spiro atoms. The van der Waals surface area contributed by atoms with Gasteiger partial charge in [-0.15, -0.1) is 23.7 Å². The average molecular weight is 489 g/mol. The normalized spacial score (nSPS) is 16.7. The third-order valence-corrected chi connectivity index (χ3v) is 9.69. The first-order chi connectivity index (χ1) is 15.3. The zero-order valence-electron chi connectivity index (χ0n) is 17.5. The van der Waals surface area contributed by atoms with Crippen molar-refractivity contribution in [3.8, 4) is 22.8 Å². The Morgan fingerprint density at radius 1 is 1.22 bits per heavy atom. The standard InChI is InChI=1S/C23H24N2O4S3/c1-2-3-4-5-9-23(24-25-23)10-6-11-30-14-16-7-8-20-18(12-16)21-17(15-32(20,28)29)13-19(31-21)22(26)27/h1,7-8,12-13H,3-6,9-11,14-15H2,(H,26,27). The van der Waals surface area contributed by atoms with Crippen LogP contribution in [-0.2, 0) is 21.3 Å². The third-order valence-electron chi connectivity index (χ3n) is 5.65. The quantitative estimate of drug-likeness (QED) is 0.320. The van der Waals surface area contributed by atoms with E-state index in [-0.39, 0.29) is 16.3 Å². The zero-order chi connectivity index (χ0) is 22.8. The number of nitrogens with zero attached hydrogens (tertiary/aromatic N) is 2. The average Bonchev–Trinajstić information content (AvgIpc) is 3.39. The summed E-state index contributed by atoms with van der Waals surface area (Å²) in [5, 5.41) is 17.8. The van der Waals surface area contributed by atoms with Gasteiger partial charge in [0.05, 0.1) is 10.6 Å². The molecule has 2 aromatic rings. The Labute approximate surface area is 196 Å². The molecule has 0 saturated carbocycles. The lowest BCUT2D eigenvalue weighted by Gasteiger charge is -2.17. The van der Waals surface area contributed by atoms with Crippen LogP contribution in [0.2, 0.25) is 0 Å². The van der Waals surface area contributed by atoms with E-state index in [0.717, 1.165) is 71.8 Å². The van der Waals surface area contributed by atoms with Crippen LogP contribution >= 0.6 is 23.1 Å². The minimum absolute atomic E-state index is 0.145. The van der Waals surface area contributed by atoms with Crippen LogP contribution in [0.25, 0.3) is 10.4 Å². The van der Waals surface area contributed by atoms with E-state index >= 15 is 0 Å². The number of carboxylic acid groups (broad SMARTS) is 1. The van der Waals surface area contributed by atoms with E-state index < -0.39 is 15.8 Å². The Hall–Kier alpha value is -2.15. The van der Waals surface area contributed by atoms with Gasteiger partial charge in [0.2, 0.25) is 0 Å². The number of fused-ring (bicyclic) bond motifs is 3. The van der Waals surface area contributed by atoms with Crippen LogP contribution < -0.4 is 0 Å². The number of carboxylic acids is 1. The molecule has 1 aromatic carbocycles. The van der Waals surface area contributed by atoms with E-state index in [0.29, 0.717) is 16.0 Å². The van der Waals surface area contributed by atoms with E-state index in [2.05, 4.69) is 16.1 Å². The van der Waals surface area contributed by atoms with Crippen molar-refractivity contribution in [2.75, 3.05) is 5.75 Å². The molecule has 1 N–H and O–H groups in total. The van der Waals surface area contributed by atoms with Gasteiger partial charge in [-0.3, -0.25) is 0 Å². The van der Waals surface area contributed by atoms with E-state index in [9.17, 15) is 18.3 Å². The van der Waals surface area contributed by atoms with E-state index in [1.54, 1.807) is 17.8 Å². The molecule has 0 unspecified atom stereocenters. The number of thioether (sulfide) groups is 1. The summed E-state index contributed by atoms with van der Waals surface area (Å²) in [6.45, 7) is 0. The molecular formula is C23H24N2O4S3. The van der Waals surface area contributed by atoms with Crippen molar-refractivity contribution in [3.05, 3.63) is 40.3 Å². The second-order valence-electron chi connectivity index (χ2n) is 8.11. The monoisotopic (exact) mass is 488 g/mol. The van der Waals surface area contributed by atoms with Gasteiger partial charge in [0.25, 0.3) is 0 Å². The summed E-state index contributed by atoms with van der Waals surface area (Å²) < 4.78 is 25.3. The van der Waals surface area contributed by atoms with E-state index in [1.807, 2.05) is 12.1 Å². The molecule has 0 fully saturated rings. The number of terminal acetylenes is 1. The number of unbranched alkanes of at least 4 members (excludes halogenated alkanes) is 2. The summed E-state index contributed by atoms with van der Waals surface area (Å²) in [7, 11) is -3.46. The SMILES string of the molecule is C#CCCCCC1(CCCSCc2ccc3c(c2)-c2sc(C(=O)O)cc2CS3(=O)=O)N=N1. The summed E-state index contributed by atoms with van der Waals surface area (Å²) in [5.41, 5.74) is 2.07. The minimum atomic E-state index is -3.46. The lowest BCUT2D eigenvalue weighted by molar-refractivity contribution is 0.0702. The minimum Gasteiger partial charge on any atom is -0.477 e. The molecular weight excluding hydrogens is 464 g/mol. The number of thiophene rings is 1. The van der Waals surface area contributed by atoms with Crippen LogP contribution in [0, 0.1) is 12.3 Å². The van der Waals surface area contributed by atoms with Crippen molar-refractivity contribution in [1.82, 2.24) is 0 Å². The van der Waals surface area contributed by atoms with Crippen molar-refractivity contribution >= 4 is 38.9 Å². The first kappa shape index (κ1) is 23.0. The maximum atomic E-state index is 12.7. The highest BCUT2D eigenvalue weighted by molar-refractivity contribution is 7.98. The Morgan fingerprint density at radius 2 is 2.00 bits per heavy atom. The molecule has 0 aliphatic carbocycles. The maximum Gasteiger partial charge on any atom is 0.345 e. The van der Waals surface area contributed by atoms with E-state index in [1.165, 1.54) is 6.07 Å². The highest BCUT2D eigenvalue weighted by Gasteiger charge is 2.38. The smallest absolute Gasteiger partial charge is 0.345 e. The van der Waals surface area contributed by atoms with Crippen LogP contribution in [0.4, 0.5) is 0 Å². The molecule has 6 nitrogen and oxygen atoms in total. The van der Waals surface area contributed by atoms with Crippen molar-refractivity contribution in [2.24, 2.45) is 10.2 Å². The number of hydrogen-bond donors (Lipinski definition) is 1. The molecule has 0 saturated heterocycles. The highest BCUT2D eigenvalue weighted by atomic mass is 32.2. The molecule has 168 valence electrons. The maximum absolute atomic E-state index is 12.7. The first-order valence-corrected chi connectivity index (χ1v) is 14.1. The van der Waals surface area contributed by atoms with Gasteiger partial charge in [-0.25, -0.2) is 13.2 Å². The molecule has 0 atom stereocenters. The topological polar surface area (TPSA) is 96.2 Å². The number of rotatable bonds is 11. The molecule has 0 amide bonds. The van der Waals surface area contributed by atoms with Crippen LogP contribution in [-0.4, -0.2) is 30.9 Å². The largest absolute Gasteiger partial charge is 0.477 e. The van der Waals surface area contributed by atoms with Crippen LogP contribution in [0.5, 0.6) is 0 Å².